The molecule has 0 saturated carbocycles. The number of nitrogens with zero attached hydrogens (tertiary/aromatic N) is 3. The zero-order valence-corrected chi connectivity index (χ0v) is 26.2. The van der Waals surface area contributed by atoms with Crippen molar-refractivity contribution in [1.29, 1.82) is 0 Å². The SMILES string of the molecule is Cc1cc(Oc2ccccc2)ccc1N1C(=O)NC2=C(C(=O)N[C@@H]3CCCN(C(=O)/C=C/CN(C)C)C3)SC3NCCC1C23. The minimum absolute atomic E-state index is 0.0140. The molecule has 0 bridgehead atoms. The minimum Gasteiger partial charge on any atom is -0.457 e. The summed E-state index contributed by atoms with van der Waals surface area (Å²) in [5.41, 5.74) is 2.47. The number of thioether (sulfide) groups is 1. The average molecular weight is 617 g/mol. The van der Waals surface area contributed by atoms with Crippen LogP contribution in [0.2, 0.25) is 0 Å². The highest BCUT2D eigenvalue weighted by atomic mass is 32.2. The van der Waals surface area contributed by atoms with Gasteiger partial charge in [0.15, 0.2) is 0 Å². The molecule has 3 unspecified atom stereocenters. The molecule has 0 aliphatic carbocycles. The van der Waals surface area contributed by atoms with Crippen molar-refractivity contribution in [2.24, 2.45) is 5.92 Å². The van der Waals surface area contributed by atoms with Gasteiger partial charge < -0.3 is 30.5 Å². The van der Waals surface area contributed by atoms with Crippen LogP contribution in [0, 0.1) is 12.8 Å². The number of likely N-dealkylation sites (tertiary alicyclic amines) is 1. The Bertz CT molecular complexity index is 1480. The molecule has 232 valence electrons. The molecule has 3 fully saturated rings. The Balaban J connectivity index is 1.16. The Morgan fingerprint density at radius 3 is 2.73 bits per heavy atom. The molecule has 0 spiro atoms. The molecule has 6 rings (SSSR count). The van der Waals surface area contributed by atoms with E-state index >= 15 is 0 Å². The van der Waals surface area contributed by atoms with Gasteiger partial charge in [0.05, 0.1) is 16.3 Å². The van der Waals surface area contributed by atoms with Gasteiger partial charge in [0.25, 0.3) is 5.91 Å². The number of para-hydroxylation sites is 1. The molecule has 4 aliphatic heterocycles. The third-order valence-corrected chi connectivity index (χ3v) is 9.91. The number of anilines is 1. The number of hydrogen-bond acceptors (Lipinski definition) is 7. The lowest BCUT2D eigenvalue weighted by atomic mass is 9.86. The molecule has 2 aromatic carbocycles. The van der Waals surface area contributed by atoms with E-state index in [0.717, 1.165) is 42.8 Å². The molecule has 4 amide bonds. The molecule has 4 atom stereocenters. The third-order valence-electron chi connectivity index (χ3n) is 8.55. The molecule has 0 aromatic heterocycles. The van der Waals surface area contributed by atoms with Crippen LogP contribution in [0.3, 0.4) is 0 Å². The molecule has 4 heterocycles. The van der Waals surface area contributed by atoms with Gasteiger partial charge in [0.2, 0.25) is 5.91 Å². The highest BCUT2D eigenvalue weighted by Gasteiger charge is 2.52. The first-order chi connectivity index (χ1) is 21.3. The number of rotatable bonds is 8. The summed E-state index contributed by atoms with van der Waals surface area (Å²) in [6.07, 6.45) is 5.89. The van der Waals surface area contributed by atoms with Gasteiger partial charge in [-0.15, -0.1) is 0 Å². The number of ether oxygens (including phenoxy) is 1. The minimum atomic E-state index is -0.228. The number of urea groups is 1. The van der Waals surface area contributed by atoms with Crippen LogP contribution in [-0.4, -0.2) is 85.4 Å². The summed E-state index contributed by atoms with van der Waals surface area (Å²) >= 11 is 1.49. The van der Waals surface area contributed by atoms with Crippen LogP contribution in [0.5, 0.6) is 11.5 Å². The van der Waals surface area contributed by atoms with Crippen molar-refractivity contribution in [3.63, 3.8) is 0 Å². The number of amides is 4. The molecule has 0 radical (unpaired) electrons. The maximum atomic E-state index is 13.7. The summed E-state index contributed by atoms with van der Waals surface area (Å²) < 4.78 is 6.02. The molecule has 4 aliphatic rings. The Hall–Kier alpha value is -3.80. The number of nitrogens with one attached hydrogen (secondary N) is 3. The standard InChI is InChI=1S/C33H40N6O4S/c1-21-19-24(43-23-10-5-4-6-11-23)13-14-25(21)39-26-15-16-34-32-28(26)29(36-33(39)42)30(44-32)31(41)35-22-9-7-18-38(20-22)27(40)12-8-17-37(2)3/h4-6,8,10-14,19,22,26,28,32,34H,7,9,15-18,20H2,1-3H3,(H,35,41)(H,36,42)/b12-8+/t22-,26?,28?,32?/m1/s1. The Labute approximate surface area is 262 Å². The Morgan fingerprint density at radius 2 is 1.95 bits per heavy atom. The fourth-order valence-electron chi connectivity index (χ4n) is 6.50. The third kappa shape index (κ3) is 6.36. The second-order valence-electron chi connectivity index (χ2n) is 12.0. The summed E-state index contributed by atoms with van der Waals surface area (Å²) in [6, 6.07) is 15.0. The van der Waals surface area contributed by atoms with Gasteiger partial charge in [-0.1, -0.05) is 36.0 Å². The van der Waals surface area contributed by atoms with Crippen molar-refractivity contribution in [3.8, 4) is 11.5 Å². The van der Waals surface area contributed by atoms with E-state index in [9.17, 15) is 14.4 Å². The van der Waals surface area contributed by atoms with Gasteiger partial charge in [-0.2, -0.15) is 0 Å². The molecule has 44 heavy (non-hydrogen) atoms. The van der Waals surface area contributed by atoms with Crippen LogP contribution in [0.15, 0.2) is 71.3 Å². The smallest absolute Gasteiger partial charge is 0.326 e. The van der Waals surface area contributed by atoms with E-state index in [2.05, 4.69) is 16.0 Å². The van der Waals surface area contributed by atoms with Crippen molar-refractivity contribution in [2.45, 2.75) is 43.6 Å². The molecule has 11 heteroatoms. The van der Waals surface area contributed by atoms with Crippen LogP contribution in [0.4, 0.5) is 10.5 Å². The average Bonchev–Trinajstić information content (AvgIpc) is 3.38. The predicted octanol–water partition coefficient (Wildman–Crippen LogP) is 3.80. The van der Waals surface area contributed by atoms with Crippen LogP contribution in [0.25, 0.3) is 0 Å². The number of likely N-dealkylation sites (N-methyl/N-ethyl adjacent to an activating group) is 1. The highest BCUT2D eigenvalue weighted by Crippen LogP contribution is 2.48. The van der Waals surface area contributed by atoms with Crippen molar-refractivity contribution >= 4 is 35.3 Å². The van der Waals surface area contributed by atoms with Crippen LogP contribution in [-0.2, 0) is 9.59 Å². The second-order valence-corrected chi connectivity index (χ2v) is 13.2. The lowest BCUT2D eigenvalue weighted by Gasteiger charge is -2.46. The van der Waals surface area contributed by atoms with Crippen molar-refractivity contribution in [3.05, 3.63) is 76.8 Å². The Morgan fingerprint density at radius 1 is 1.14 bits per heavy atom. The first-order valence-corrected chi connectivity index (χ1v) is 16.2. The fraction of sp³-hybridized carbons (Fsp3) is 0.424. The summed E-state index contributed by atoms with van der Waals surface area (Å²) in [5, 5.41) is 9.83. The first kappa shape index (κ1) is 30.2. The fourth-order valence-corrected chi connectivity index (χ4v) is 7.90. The van der Waals surface area contributed by atoms with Gasteiger partial charge in [-0.05, 0) is 82.7 Å². The number of benzene rings is 2. The van der Waals surface area contributed by atoms with Gasteiger partial charge >= 0.3 is 6.03 Å². The number of hydrogen-bond donors (Lipinski definition) is 3. The first-order valence-electron chi connectivity index (χ1n) is 15.3. The van der Waals surface area contributed by atoms with Crippen molar-refractivity contribution < 1.29 is 19.1 Å². The van der Waals surface area contributed by atoms with Crippen molar-refractivity contribution in [2.75, 3.05) is 45.2 Å². The lowest BCUT2D eigenvalue weighted by Crippen LogP contribution is -2.62. The van der Waals surface area contributed by atoms with Crippen molar-refractivity contribution in [1.82, 2.24) is 25.8 Å². The quantitative estimate of drug-likeness (QED) is 0.388. The number of carbonyl (C=O) groups is 3. The number of piperidine rings is 2. The van der Waals surface area contributed by atoms with E-state index in [0.29, 0.717) is 36.0 Å². The van der Waals surface area contributed by atoms with Gasteiger partial charge in [-0.25, -0.2) is 4.79 Å². The van der Waals surface area contributed by atoms with Crippen LogP contribution >= 0.6 is 11.8 Å². The molecule has 3 saturated heterocycles. The Kier molecular flexibility index (Phi) is 8.97. The zero-order valence-electron chi connectivity index (χ0n) is 25.4. The largest absolute Gasteiger partial charge is 0.457 e. The molecular weight excluding hydrogens is 576 g/mol. The van der Waals surface area contributed by atoms with Gasteiger partial charge in [-0.3, -0.25) is 14.5 Å². The van der Waals surface area contributed by atoms with E-state index in [1.165, 1.54) is 11.8 Å². The zero-order chi connectivity index (χ0) is 30.8. The van der Waals surface area contributed by atoms with Crippen LogP contribution < -0.4 is 25.6 Å². The molecule has 2 aromatic rings. The maximum Gasteiger partial charge on any atom is 0.326 e. The van der Waals surface area contributed by atoms with Gasteiger partial charge in [0.1, 0.15) is 11.5 Å². The molecule has 10 nitrogen and oxygen atoms in total. The topological polar surface area (TPSA) is 106 Å². The summed E-state index contributed by atoms with van der Waals surface area (Å²) in [4.78, 5) is 46.3. The van der Waals surface area contributed by atoms with E-state index in [1.54, 1.807) is 11.0 Å². The van der Waals surface area contributed by atoms with E-state index in [-0.39, 0.29) is 41.2 Å². The highest BCUT2D eigenvalue weighted by molar-refractivity contribution is 8.04. The summed E-state index contributed by atoms with van der Waals surface area (Å²) in [6.45, 7) is 4.59. The number of aryl methyl sites for hydroxylation is 1. The second kappa shape index (κ2) is 13.1. The van der Waals surface area contributed by atoms with E-state index in [1.807, 2.05) is 85.4 Å². The van der Waals surface area contributed by atoms with E-state index in [4.69, 9.17) is 4.74 Å². The maximum absolute atomic E-state index is 13.7. The summed E-state index contributed by atoms with van der Waals surface area (Å²) in [7, 11) is 3.91. The molecular formula is C33H40N6O4S. The van der Waals surface area contributed by atoms with E-state index < -0.39 is 0 Å². The molecule has 3 N–H and O–H groups in total. The normalized spacial score (nSPS) is 24.9. The lowest BCUT2D eigenvalue weighted by molar-refractivity contribution is -0.128. The number of carbonyl (C=O) groups excluding carboxylic acids is 3. The predicted molar refractivity (Wildman–Crippen MR) is 172 cm³/mol. The summed E-state index contributed by atoms with van der Waals surface area (Å²) in [5.74, 6) is 1.20. The van der Waals surface area contributed by atoms with Gasteiger partial charge in [0, 0.05) is 49.1 Å². The monoisotopic (exact) mass is 616 g/mol. The van der Waals surface area contributed by atoms with Crippen LogP contribution in [0.1, 0.15) is 24.8 Å².